The van der Waals surface area contributed by atoms with Crippen molar-refractivity contribution in [3.63, 3.8) is 0 Å². The van der Waals surface area contributed by atoms with Crippen LogP contribution in [-0.2, 0) is 9.59 Å². The number of anilines is 2. The Kier molecular flexibility index (Phi) is 6.01. The molecule has 1 aromatic heterocycles. The molecule has 156 valence electrons. The number of amides is 2. The number of carbonyl (C=O) groups is 2. The van der Waals surface area contributed by atoms with Crippen LogP contribution in [0.1, 0.15) is 13.8 Å². The Balaban J connectivity index is 1.48. The second kappa shape index (κ2) is 8.86. The predicted molar refractivity (Wildman–Crippen MR) is 125 cm³/mol. The summed E-state index contributed by atoms with van der Waals surface area (Å²) in [6.45, 7) is 3.18. The summed E-state index contributed by atoms with van der Waals surface area (Å²) < 4.78 is 0.986. The fourth-order valence-corrected chi connectivity index (χ4v) is 3.93. The van der Waals surface area contributed by atoms with Crippen LogP contribution in [0.15, 0.2) is 73.7 Å². The first-order chi connectivity index (χ1) is 14.9. The van der Waals surface area contributed by atoms with Gasteiger partial charge in [-0.25, -0.2) is 4.98 Å². The molecule has 0 aliphatic carbocycles. The predicted octanol–water partition coefficient (Wildman–Crippen LogP) is 5.41. The van der Waals surface area contributed by atoms with Gasteiger partial charge in [-0.1, -0.05) is 28.1 Å². The van der Waals surface area contributed by atoms with E-state index in [0.717, 1.165) is 15.7 Å². The molecule has 10 heteroatoms. The Morgan fingerprint density at radius 3 is 2.55 bits per heavy atom. The summed E-state index contributed by atoms with van der Waals surface area (Å²) >= 11 is 4.76. The molecule has 1 unspecified atom stereocenters. The van der Waals surface area contributed by atoms with Crippen LogP contribution in [0.4, 0.5) is 16.5 Å². The summed E-state index contributed by atoms with van der Waals surface area (Å²) in [5.74, 6) is -0.448. The zero-order valence-corrected chi connectivity index (χ0v) is 19.0. The molecule has 0 radical (unpaired) electrons. The first-order valence-electron chi connectivity index (χ1n) is 9.30. The minimum absolute atomic E-state index is 0.150. The third-order valence-corrected chi connectivity index (χ3v) is 5.73. The summed E-state index contributed by atoms with van der Waals surface area (Å²) in [6, 6.07) is 13.9. The molecule has 31 heavy (non-hydrogen) atoms. The Bertz CT molecular complexity index is 1190. The molecule has 4 rings (SSSR count). The monoisotopic (exact) mass is 496 g/mol. The van der Waals surface area contributed by atoms with Crippen LogP contribution in [0, 0.1) is 0 Å². The lowest BCUT2D eigenvalue weighted by Crippen LogP contribution is -2.29. The van der Waals surface area contributed by atoms with E-state index in [9.17, 15) is 9.59 Å². The van der Waals surface area contributed by atoms with Gasteiger partial charge in [0.25, 0.3) is 5.91 Å². The second-order valence-electron chi connectivity index (χ2n) is 6.76. The standard InChI is InChI=1S/C21H17BrN6O2S/c1-12-19(26-25-17-9-7-16(8-10-17)23-13(2)29)20(30)28(27-12)21-24-18(11-31-21)14-3-5-15(22)6-4-14/h3-11,19H,1-2H3,(H,23,29). The molecular formula is C21H17BrN6O2S. The Labute approximate surface area is 190 Å². The van der Waals surface area contributed by atoms with Gasteiger partial charge in [-0.3, -0.25) is 9.59 Å². The SMILES string of the molecule is CC(=O)Nc1ccc(N=NC2C(=O)N(c3nc(-c4ccc(Br)cc4)cs3)N=C2C)cc1. The number of carbonyl (C=O) groups excluding carboxylic acids is 2. The number of rotatable bonds is 5. The van der Waals surface area contributed by atoms with Crippen LogP contribution >= 0.6 is 27.3 Å². The molecule has 2 amide bonds. The number of benzene rings is 2. The number of hydrogen-bond acceptors (Lipinski definition) is 7. The first-order valence-corrected chi connectivity index (χ1v) is 11.0. The first kappa shape index (κ1) is 21.0. The number of aromatic nitrogens is 1. The molecule has 8 nitrogen and oxygen atoms in total. The van der Waals surface area contributed by atoms with Gasteiger partial charge in [0.1, 0.15) is 0 Å². The fourth-order valence-electron chi connectivity index (χ4n) is 2.88. The van der Waals surface area contributed by atoms with E-state index in [2.05, 4.69) is 41.6 Å². The lowest BCUT2D eigenvalue weighted by atomic mass is 10.2. The van der Waals surface area contributed by atoms with Crippen LogP contribution in [0.25, 0.3) is 11.3 Å². The molecule has 0 bridgehead atoms. The number of nitrogens with zero attached hydrogens (tertiary/aromatic N) is 5. The van der Waals surface area contributed by atoms with E-state index < -0.39 is 6.04 Å². The minimum atomic E-state index is -0.796. The van der Waals surface area contributed by atoms with Crippen molar-refractivity contribution in [1.82, 2.24) is 4.98 Å². The van der Waals surface area contributed by atoms with Crippen molar-refractivity contribution in [3.8, 4) is 11.3 Å². The normalized spacial score (nSPS) is 16.1. The van der Waals surface area contributed by atoms with E-state index in [1.54, 1.807) is 31.2 Å². The molecule has 0 spiro atoms. The van der Waals surface area contributed by atoms with Gasteiger partial charge in [-0.15, -0.1) is 11.3 Å². The summed E-state index contributed by atoms with van der Waals surface area (Å²) in [4.78, 5) is 28.5. The number of halogens is 1. The Hall–Kier alpha value is -3.24. The molecule has 3 aromatic rings. The number of hydrazone groups is 1. The lowest BCUT2D eigenvalue weighted by Gasteiger charge is -2.08. The van der Waals surface area contributed by atoms with E-state index in [-0.39, 0.29) is 11.8 Å². The summed E-state index contributed by atoms with van der Waals surface area (Å²) in [5.41, 5.74) is 3.51. The average molecular weight is 497 g/mol. The molecule has 1 N–H and O–H groups in total. The zero-order valence-electron chi connectivity index (χ0n) is 16.6. The van der Waals surface area contributed by atoms with Crippen molar-refractivity contribution in [2.75, 3.05) is 10.3 Å². The van der Waals surface area contributed by atoms with E-state index in [0.29, 0.717) is 22.2 Å². The maximum absolute atomic E-state index is 12.9. The highest BCUT2D eigenvalue weighted by molar-refractivity contribution is 9.10. The maximum Gasteiger partial charge on any atom is 0.282 e. The van der Waals surface area contributed by atoms with Crippen molar-refractivity contribution in [2.24, 2.45) is 15.3 Å². The third kappa shape index (κ3) is 4.75. The summed E-state index contributed by atoms with van der Waals surface area (Å²) in [7, 11) is 0. The number of hydrogen-bond donors (Lipinski definition) is 1. The Morgan fingerprint density at radius 2 is 1.87 bits per heavy atom. The molecule has 2 aromatic carbocycles. The van der Waals surface area contributed by atoms with E-state index in [1.807, 2.05) is 29.6 Å². The van der Waals surface area contributed by atoms with E-state index in [1.165, 1.54) is 23.3 Å². The molecule has 0 saturated carbocycles. The largest absolute Gasteiger partial charge is 0.326 e. The summed E-state index contributed by atoms with van der Waals surface area (Å²) in [6.07, 6.45) is 0. The van der Waals surface area contributed by atoms with Crippen molar-refractivity contribution >= 4 is 61.3 Å². The number of azo groups is 1. The summed E-state index contributed by atoms with van der Waals surface area (Å²) in [5, 5.41) is 19.0. The van der Waals surface area contributed by atoms with Crippen LogP contribution in [0.5, 0.6) is 0 Å². The Morgan fingerprint density at radius 1 is 1.16 bits per heavy atom. The molecule has 2 heterocycles. The fraction of sp³-hybridized carbons (Fsp3) is 0.143. The quantitative estimate of drug-likeness (QED) is 0.478. The number of nitrogens with one attached hydrogen (secondary N) is 1. The molecule has 0 fully saturated rings. The van der Waals surface area contributed by atoms with Crippen molar-refractivity contribution in [1.29, 1.82) is 0 Å². The van der Waals surface area contributed by atoms with Gasteiger partial charge in [-0.2, -0.15) is 20.3 Å². The topological polar surface area (TPSA) is 99.4 Å². The highest BCUT2D eigenvalue weighted by atomic mass is 79.9. The van der Waals surface area contributed by atoms with Gasteiger partial charge in [0, 0.05) is 28.0 Å². The van der Waals surface area contributed by atoms with Gasteiger partial charge < -0.3 is 5.32 Å². The van der Waals surface area contributed by atoms with E-state index >= 15 is 0 Å². The van der Waals surface area contributed by atoms with Crippen LogP contribution in [0.2, 0.25) is 0 Å². The third-order valence-electron chi connectivity index (χ3n) is 4.39. The number of thiazole rings is 1. The highest BCUT2D eigenvalue weighted by Gasteiger charge is 2.36. The van der Waals surface area contributed by atoms with Crippen molar-refractivity contribution in [3.05, 3.63) is 58.4 Å². The second-order valence-corrected chi connectivity index (χ2v) is 8.51. The van der Waals surface area contributed by atoms with Gasteiger partial charge in [0.15, 0.2) is 6.04 Å². The van der Waals surface area contributed by atoms with Crippen molar-refractivity contribution < 1.29 is 9.59 Å². The van der Waals surface area contributed by atoms with Gasteiger partial charge in [0.2, 0.25) is 11.0 Å². The van der Waals surface area contributed by atoms with Crippen molar-refractivity contribution in [2.45, 2.75) is 19.9 Å². The van der Waals surface area contributed by atoms with Gasteiger partial charge in [-0.05, 0) is 43.3 Å². The van der Waals surface area contributed by atoms with Crippen LogP contribution in [0.3, 0.4) is 0 Å². The smallest absolute Gasteiger partial charge is 0.282 e. The molecule has 1 aliphatic heterocycles. The minimum Gasteiger partial charge on any atom is -0.326 e. The van der Waals surface area contributed by atoms with Gasteiger partial charge in [0.05, 0.1) is 17.1 Å². The van der Waals surface area contributed by atoms with Crippen LogP contribution in [-0.4, -0.2) is 28.6 Å². The van der Waals surface area contributed by atoms with Gasteiger partial charge >= 0.3 is 0 Å². The maximum atomic E-state index is 12.9. The molecule has 1 aliphatic rings. The molecule has 0 saturated heterocycles. The van der Waals surface area contributed by atoms with Crippen LogP contribution < -0.4 is 10.3 Å². The lowest BCUT2D eigenvalue weighted by molar-refractivity contribution is -0.118. The zero-order chi connectivity index (χ0) is 22.0. The highest BCUT2D eigenvalue weighted by Crippen LogP contribution is 2.31. The molecular weight excluding hydrogens is 480 g/mol. The molecule has 1 atom stereocenters. The average Bonchev–Trinajstić information content (AvgIpc) is 3.33. The van der Waals surface area contributed by atoms with E-state index in [4.69, 9.17) is 0 Å².